The molecule has 0 atom stereocenters. The zero-order chi connectivity index (χ0) is 18.5. The van der Waals surface area contributed by atoms with E-state index in [0.29, 0.717) is 25.1 Å². The van der Waals surface area contributed by atoms with Gasteiger partial charge in [-0.1, -0.05) is 18.2 Å². The molecule has 0 aliphatic heterocycles. The van der Waals surface area contributed by atoms with Gasteiger partial charge in [-0.3, -0.25) is 9.59 Å². The molecular weight excluding hydrogens is 328 g/mol. The van der Waals surface area contributed by atoms with Crippen LogP contribution in [0.4, 0.5) is 0 Å². The van der Waals surface area contributed by atoms with Crippen LogP contribution in [0.1, 0.15) is 23.6 Å². The molecule has 1 aromatic heterocycles. The van der Waals surface area contributed by atoms with Crippen molar-refractivity contribution in [2.75, 3.05) is 6.61 Å². The van der Waals surface area contributed by atoms with Gasteiger partial charge in [0.15, 0.2) is 0 Å². The first-order valence-corrected chi connectivity index (χ1v) is 8.66. The molecule has 2 aromatic carbocycles. The number of benzene rings is 2. The summed E-state index contributed by atoms with van der Waals surface area (Å²) in [6.45, 7) is 4.79. The quantitative estimate of drug-likeness (QED) is 0.718. The molecule has 2 N–H and O–H groups in total. The van der Waals surface area contributed by atoms with Crippen LogP contribution in [0.15, 0.2) is 53.3 Å². The molecule has 3 aromatic rings. The highest BCUT2D eigenvalue weighted by Crippen LogP contribution is 2.14. The molecule has 0 fully saturated rings. The number of amides is 1. The van der Waals surface area contributed by atoms with Crippen LogP contribution < -0.4 is 15.6 Å². The van der Waals surface area contributed by atoms with Crippen molar-refractivity contribution in [2.24, 2.45) is 0 Å². The first-order chi connectivity index (χ1) is 12.5. The van der Waals surface area contributed by atoms with E-state index in [9.17, 15) is 9.59 Å². The van der Waals surface area contributed by atoms with Crippen LogP contribution in [-0.4, -0.2) is 17.5 Å². The Bertz CT molecular complexity index is 975. The molecular formula is C21H22N2O3. The predicted molar refractivity (Wildman–Crippen MR) is 102 cm³/mol. The zero-order valence-electron chi connectivity index (χ0n) is 15.0. The zero-order valence-corrected chi connectivity index (χ0v) is 15.0. The molecule has 3 rings (SSSR count). The summed E-state index contributed by atoms with van der Waals surface area (Å²) in [5.41, 5.74) is 3.33. The van der Waals surface area contributed by atoms with Crippen LogP contribution in [0.25, 0.3) is 10.9 Å². The molecule has 0 aliphatic rings. The number of fused-ring (bicyclic) bond motifs is 1. The van der Waals surface area contributed by atoms with Gasteiger partial charge in [0.2, 0.25) is 5.91 Å². The van der Waals surface area contributed by atoms with Crippen molar-refractivity contribution in [3.63, 3.8) is 0 Å². The second-order valence-corrected chi connectivity index (χ2v) is 6.23. The molecule has 0 unspecified atom stereocenters. The average Bonchev–Trinajstić information content (AvgIpc) is 2.63. The number of carbonyl (C=O) groups is 1. The number of H-pyrrole nitrogens is 1. The number of aromatic amines is 1. The van der Waals surface area contributed by atoms with Crippen LogP contribution in [0.5, 0.6) is 5.75 Å². The van der Waals surface area contributed by atoms with Gasteiger partial charge >= 0.3 is 0 Å². The molecule has 1 heterocycles. The average molecular weight is 350 g/mol. The monoisotopic (exact) mass is 350 g/mol. The summed E-state index contributed by atoms with van der Waals surface area (Å²) in [7, 11) is 0. The fourth-order valence-corrected chi connectivity index (χ4v) is 2.79. The van der Waals surface area contributed by atoms with Crippen molar-refractivity contribution >= 4 is 16.8 Å². The molecule has 0 saturated carbocycles. The number of hydrogen-bond donors (Lipinski definition) is 2. The van der Waals surface area contributed by atoms with Gasteiger partial charge in [0.05, 0.1) is 13.0 Å². The number of pyridine rings is 1. The van der Waals surface area contributed by atoms with Crippen molar-refractivity contribution in [2.45, 2.75) is 26.8 Å². The Hall–Kier alpha value is -3.08. The molecule has 0 spiro atoms. The highest BCUT2D eigenvalue weighted by Gasteiger charge is 2.05. The SMILES string of the molecule is CCOc1ccc(CC(=O)NCc2ccc3[nH]c(=O)c(C)cc3c2)cc1. The fourth-order valence-electron chi connectivity index (χ4n) is 2.79. The first-order valence-electron chi connectivity index (χ1n) is 8.66. The molecule has 0 saturated heterocycles. The number of rotatable bonds is 6. The molecule has 134 valence electrons. The van der Waals surface area contributed by atoms with E-state index in [1.165, 1.54) is 0 Å². The minimum Gasteiger partial charge on any atom is -0.494 e. The Labute approximate surface area is 152 Å². The van der Waals surface area contributed by atoms with E-state index in [1.807, 2.05) is 55.5 Å². The summed E-state index contributed by atoms with van der Waals surface area (Å²) in [6.07, 6.45) is 0.326. The first kappa shape index (κ1) is 17.7. The third kappa shape index (κ3) is 4.30. The van der Waals surface area contributed by atoms with Crippen molar-refractivity contribution < 1.29 is 9.53 Å². The normalized spacial score (nSPS) is 10.7. The Morgan fingerprint density at radius 3 is 2.54 bits per heavy atom. The van der Waals surface area contributed by atoms with Crippen LogP contribution in [0.3, 0.4) is 0 Å². The Morgan fingerprint density at radius 2 is 1.81 bits per heavy atom. The Morgan fingerprint density at radius 1 is 1.08 bits per heavy atom. The second kappa shape index (κ2) is 7.87. The fraction of sp³-hybridized carbons (Fsp3) is 0.238. The van der Waals surface area contributed by atoms with Crippen molar-refractivity contribution in [1.29, 1.82) is 0 Å². The minimum absolute atomic E-state index is 0.0353. The topological polar surface area (TPSA) is 71.2 Å². The van der Waals surface area contributed by atoms with Crippen molar-refractivity contribution in [3.8, 4) is 5.75 Å². The summed E-state index contributed by atoms with van der Waals surface area (Å²) >= 11 is 0. The Balaban J connectivity index is 1.61. The van der Waals surface area contributed by atoms with Gasteiger partial charge in [0.25, 0.3) is 5.56 Å². The van der Waals surface area contributed by atoms with Gasteiger partial charge in [-0.15, -0.1) is 0 Å². The standard InChI is InChI=1S/C21H22N2O3/c1-3-26-18-7-4-15(5-8-18)12-20(24)22-13-16-6-9-19-17(11-16)10-14(2)21(25)23-19/h4-11H,3,12-13H2,1-2H3,(H,22,24)(H,23,25). The van der Waals surface area contributed by atoms with E-state index in [1.54, 1.807) is 6.92 Å². The summed E-state index contributed by atoms with van der Waals surface area (Å²) in [4.78, 5) is 26.7. The van der Waals surface area contributed by atoms with E-state index < -0.39 is 0 Å². The number of carbonyl (C=O) groups excluding carboxylic acids is 1. The number of nitrogens with one attached hydrogen (secondary N) is 2. The smallest absolute Gasteiger partial charge is 0.251 e. The minimum atomic E-state index is -0.0751. The van der Waals surface area contributed by atoms with Gasteiger partial charge in [0.1, 0.15) is 5.75 Å². The van der Waals surface area contributed by atoms with E-state index in [4.69, 9.17) is 4.74 Å². The van der Waals surface area contributed by atoms with Crippen LogP contribution in [0, 0.1) is 6.92 Å². The van der Waals surface area contributed by atoms with E-state index in [-0.39, 0.29) is 11.5 Å². The molecule has 5 heteroatoms. The molecule has 26 heavy (non-hydrogen) atoms. The third-order valence-corrected chi connectivity index (χ3v) is 4.18. The van der Waals surface area contributed by atoms with Crippen LogP contribution in [0.2, 0.25) is 0 Å². The highest BCUT2D eigenvalue weighted by atomic mass is 16.5. The summed E-state index contributed by atoms with van der Waals surface area (Å²) in [5, 5.41) is 3.89. The lowest BCUT2D eigenvalue weighted by Crippen LogP contribution is -2.24. The van der Waals surface area contributed by atoms with Gasteiger partial charge in [0, 0.05) is 17.6 Å². The molecule has 0 bridgehead atoms. The van der Waals surface area contributed by atoms with E-state index >= 15 is 0 Å². The largest absolute Gasteiger partial charge is 0.494 e. The lowest BCUT2D eigenvalue weighted by Gasteiger charge is -2.08. The molecule has 0 aliphatic carbocycles. The predicted octanol–water partition coefficient (Wildman–Crippen LogP) is 3.09. The molecule has 1 amide bonds. The number of hydrogen-bond acceptors (Lipinski definition) is 3. The number of aryl methyl sites for hydroxylation is 1. The third-order valence-electron chi connectivity index (χ3n) is 4.18. The summed E-state index contributed by atoms with van der Waals surface area (Å²) in [5.74, 6) is 0.771. The summed E-state index contributed by atoms with van der Waals surface area (Å²) in [6, 6.07) is 15.2. The van der Waals surface area contributed by atoms with Crippen molar-refractivity contribution in [3.05, 3.63) is 75.6 Å². The lowest BCUT2D eigenvalue weighted by molar-refractivity contribution is -0.120. The van der Waals surface area contributed by atoms with E-state index in [2.05, 4.69) is 10.3 Å². The van der Waals surface area contributed by atoms with E-state index in [0.717, 1.165) is 27.8 Å². The van der Waals surface area contributed by atoms with Gasteiger partial charge in [-0.05, 0) is 60.7 Å². The van der Waals surface area contributed by atoms with Crippen molar-refractivity contribution in [1.82, 2.24) is 10.3 Å². The second-order valence-electron chi connectivity index (χ2n) is 6.23. The maximum absolute atomic E-state index is 12.2. The molecule has 5 nitrogen and oxygen atoms in total. The summed E-state index contributed by atoms with van der Waals surface area (Å²) < 4.78 is 5.40. The molecule has 0 radical (unpaired) electrons. The van der Waals surface area contributed by atoms with Crippen LogP contribution >= 0.6 is 0 Å². The maximum atomic E-state index is 12.2. The Kier molecular flexibility index (Phi) is 5.37. The van der Waals surface area contributed by atoms with Gasteiger partial charge in [-0.25, -0.2) is 0 Å². The number of ether oxygens (including phenoxy) is 1. The highest BCUT2D eigenvalue weighted by molar-refractivity contribution is 5.81. The van der Waals surface area contributed by atoms with Gasteiger partial charge < -0.3 is 15.0 Å². The maximum Gasteiger partial charge on any atom is 0.251 e. The lowest BCUT2D eigenvalue weighted by atomic mass is 10.1. The number of aromatic nitrogens is 1. The van der Waals surface area contributed by atoms with Gasteiger partial charge in [-0.2, -0.15) is 0 Å². The van der Waals surface area contributed by atoms with Crippen LogP contribution in [-0.2, 0) is 17.8 Å².